The number of halogens is 2. The molecule has 0 aliphatic rings. The average Bonchev–Trinajstić information content (AvgIpc) is 2.46. The van der Waals surface area contributed by atoms with E-state index in [0.717, 1.165) is 31.5 Å². The maximum absolute atomic E-state index is 12.7. The zero-order valence-electron chi connectivity index (χ0n) is 17.0. The van der Waals surface area contributed by atoms with Crippen molar-refractivity contribution in [1.29, 1.82) is 0 Å². The molecular formula is C15H36F2O5Si3. The van der Waals surface area contributed by atoms with Crippen molar-refractivity contribution in [3.63, 3.8) is 0 Å². The first-order chi connectivity index (χ1) is 11.3. The Hall–Kier alpha value is 0.311. The fraction of sp³-hybridized carbons (Fsp3) is 1.00. The van der Waals surface area contributed by atoms with E-state index in [4.69, 9.17) is 22.1 Å². The van der Waals surface area contributed by atoms with Crippen molar-refractivity contribution in [3.8, 4) is 0 Å². The summed E-state index contributed by atoms with van der Waals surface area (Å²) >= 11 is 0. The van der Waals surface area contributed by atoms with Gasteiger partial charge >= 0.3 is 8.80 Å². The molecule has 0 aliphatic carbocycles. The first kappa shape index (κ1) is 25.3. The van der Waals surface area contributed by atoms with Crippen LogP contribution in [-0.2, 0) is 22.1 Å². The lowest BCUT2D eigenvalue weighted by atomic mass is 10.4. The molecule has 0 aliphatic heterocycles. The number of ether oxygens (including phenoxy) is 1. The molecule has 0 aromatic rings. The average molecular weight is 419 g/mol. The summed E-state index contributed by atoms with van der Waals surface area (Å²) < 4.78 is 53.4. The predicted molar refractivity (Wildman–Crippen MR) is 103 cm³/mol. The standard InChI is InChI=1S/C15H36F2O5Si3/c1-15(16,17)14-21-10-9-11-23(5,6)22-24(7,8)12-13-25(18-2,19-3)20-4/h9-14H2,1-8H3. The third kappa shape index (κ3) is 11.6. The van der Waals surface area contributed by atoms with Gasteiger partial charge in [-0.2, -0.15) is 0 Å². The molecule has 0 N–H and O–H groups in total. The highest BCUT2D eigenvalue weighted by molar-refractivity contribution is 6.85. The minimum absolute atomic E-state index is 0.345. The van der Waals surface area contributed by atoms with Gasteiger partial charge in [-0.1, -0.05) is 0 Å². The van der Waals surface area contributed by atoms with Crippen LogP contribution in [0.2, 0.25) is 44.3 Å². The van der Waals surface area contributed by atoms with Crippen molar-refractivity contribution in [2.24, 2.45) is 0 Å². The highest BCUT2D eigenvalue weighted by atomic mass is 28.4. The van der Waals surface area contributed by atoms with E-state index in [1.165, 1.54) is 0 Å². The van der Waals surface area contributed by atoms with E-state index in [-0.39, 0.29) is 0 Å². The molecule has 0 fully saturated rings. The van der Waals surface area contributed by atoms with E-state index in [1.807, 2.05) is 0 Å². The van der Waals surface area contributed by atoms with Gasteiger partial charge in [-0.25, -0.2) is 8.78 Å². The zero-order chi connectivity index (χ0) is 19.8. The van der Waals surface area contributed by atoms with E-state index in [1.54, 1.807) is 21.3 Å². The molecule has 152 valence electrons. The Morgan fingerprint density at radius 3 is 1.72 bits per heavy atom. The first-order valence-corrected chi connectivity index (χ1v) is 16.8. The fourth-order valence-electron chi connectivity index (χ4n) is 2.71. The quantitative estimate of drug-likeness (QED) is 0.310. The van der Waals surface area contributed by atoms with Gasteiger partial charge in [0.2, 0.25) is 0 Å². The van der Waals surface area contributed by atoms with Crippen LogP contribution >= 0.6 is 0 Å². The summed E-state index contributed by atoms with van der Waals surface area (Å²) in [6.07, 6.45) is 0.743. The van der Waals surface area contributed by atoms with Gasteiger partial charge in [-0.05, 0) is 44.7 Å². The smallest absolute Gasteiger partial charge is 0.456 e. The Labute approximate surface area is 155 Å². The van der Waals surface area contributed by atoms with E-state index < -0.39 is 38.0 Å². The van der Waals surface area contributed by atoms with Crippen molar-refractivity contribution in [3.05, 3.63) is 0 Å². The Morgan fingerprint density at radius 1 is 0.800 bits per heavy atom. The lowest BCUT2D eigenvalue weighted by Crippen LogP contribution is -2.48. The van der Waals surface area contributed by atoms with Gasteiger partial charge in [-0.15, -0.1) is 0 Å². The second-order valence-corrected chi connectivity index (χ2v) is 19.6. The number of hydrogen-bond donors (Lipinski definition) is 0. The highest BCUT2D eigenvalue weighted by Crippen LogP contribution is 2.27. The molecule has 0 saturated carbocycles. The molecule has 10 heteroatoms. The van der Waals surface area contributed by atoms with E-state index >= 15 is 0 Å². The van der Waals surface area contributed by atoms with Gasteiger partial charge in [0.25, 0.3) is 5.92 Å². The maximum Gasteiger partial charge on any atom is 0.499 e. The van der Waals surface area contributed by atoms with Gasteiger partial charge in [0.1, 0.15) is 6.61 Å². The number of rotatable bonds is 14. The molecule has 5 nitrogen and oxygen atoms in total. The summed E-state index contributed by atoms with van der Waals surface area (Å²) in [4.78, 5) is 0. The Balaban J connectivity index is 4.36. The molecule has 0 heterocycles. The van der Waals surface area contributed by atoms with Crippen LogP contribution < -0.4 is 0 Å². The third-order valence-electron chi connectivity index (χ3n) is 3.94. The molecule has 0 aromatic heterocycles. The van der Waals surface area contributed by atoms with Gasteiger partial charge in [0, 0.05) is 40.9 Å². The largest absolute Gasteiger partial charge is 0.499 e. The zero-order valence-corrected chi connectivity index (χ0v) is 20.0. The summed E-state index contributed by atoms with van der Waals surface area (Å²) in [5.41, 5.74) is 0. The van der Waals surface area contributed by atoms with Crippen molar-refractivity contribution in [2.45, 2.75) is 63.6 Å². The number of alkyl halides is 2. The van der Waals surface area contributed by atoms with Crippen LogP contribution in [0.15, 0.2) is 0 Å². The summed E-state index contributed by atoms with van der Waals surface area (Å²) in [5.74, 6) is -2.77. The van der Waals surface area contributed by atoms with Crippen LogP contribution in [0.5, 0.6) is 0 Å². The van der Waals surface area contributed by atoms with Crippen LogP contribution in [-0.4, -0.2) is 65.9 Å². The Bertz CT molecular complexity index is 366. The van der Waals surface area contributed by atoms with Crippen molar-refractivity contribution in [2.75, 3.05) is 34.5 Å². The maximum atomic E-state index is 12.7. The van der Waals surface area contributed by atoms with Crippen molar-refractivity contribution < 1.29 is 30.9 Å². The lowest BCUT2D eigenvalue weighted by molar-refractivity contribution is -0.0621. The molecule has 25 heavy (non-hydrogen) atoms. The SMILES string of the molecule is CO[Si](CC[Si](C)(C)O[Si](C)(C)CCCOCC(C)(F)F)(OC)OC. The molecule has 0 spiro atoms. The van der Waals surface area contributed by atoms with Gasteiger partial charge in [0.05, 0.1) is 0 Å². The molecule has 0 saturated heterocycles. The Morgan fingerprint density at radius 2 is 1.28 bits per heavy atom. The molecule has 0 radical (unpaired) electrons. The third-order valence-corrected chi connectivity index (χ3v) is 14.6. The van der Waals surface area contributed by atoms with E-state index in [9.17, 15) is 8.78 Å². The second-order valence-electron chi connectivity index (χ2n) is 7.64. The van der Waals surface area contributed by atoms with E-state index in [0.29, 0.717) is 6.61 Å². The lowest BCUT2D eigenvalue weighted by Gasteiger charge is -2.35. The summed E-state index contributed by atoms with van der Waals surface area (Å²) in [6.45, 7) is 9.41. The minimum atomic E-state index is -2.77. The molecule has 0 atom stereocenters. The van der Waals surface area contributed by atoms with Crippen LogP contribution in [0, 0.1) is 0 Å². The fourth-order valence-corrected chi connectivity index (χ4v) is 15.3. The summed E-state index contributed by atoms with van der Waals surface area (Å²) in [6, 6.07) is 2.51. The Kier molecular flexibility index (Phi) is 10.7. The highest BCUT2D eigenvalue weighted by Gasteiger charge is 2.41. The van der Waals surface area contributed by atoms with Crippen LogP contribution in [0.4, 0.5) is 8.78 Å². The molecule has 0 rings (SSSR count). The molecule has 0 aromatic carbocycles. The monoisotopic (exact) mass is 418 g/mol. The van der Waals surface area contributed by atoms with Crippen molar-refractivity contribution >= 4 is 25.4 Å². The predicted octanol–water partition coefficient (Wildman–Crippen LogP) is 4.35. The van der Waals surface area contributed by atoms with E-state index in [2.05, 4.69) is 26.2 Å². The normalized spacial score (nSPS) is 14.2. The van der Waals surface area contributed by atoms with Crippen LogP contribution in [0.3, 0.4) is 0 Å². The van der Waals surface area contributed by atoms with Crippen LogP contribution in [0.1, 0.15) is 13.3 Å². The second kappa shape index (κ2) is 10.6. The summed E-state index contributed by atoms with van der Waals surface area (Å²) in [5, 5.41) is 0. The minimum Gasteiger partial charge on any atom is -0.456 e. The molecular weight excluding hydrogens is 382 g/mol. The van der Waals surface area contributed by atoms with Gasteiger partial charge < -0.3 is 22.1 Å². The van der Waals surface area contributed by atoms with Crippen LogP contribution in [0.25, 0.3) is 0 Å². The first-order valence-electron chi connectivity index (χ1n) is 8.61. The van der Waals surface area contributed by atoms with Gasteiger partial charge in [0.15, 0.2) is 16.6 Å². The molecule has 0 amide bonds. The molecule has 0 bridgehead atoms. The topological polar surface area (TPSA) is 46.2 Å². The summed E-state index contributed by atoms with van der Waals surface area (Å²) in [7, 11) is -1.50. The van der Waals surface area contributed by atoms with Crippen molar-refractivity contribution in [1.82, 2.24) is 0 Å². The van der Waals surface area contributed by atoms with Gasteiger partial charge in [-0.3, -0.25) is 0 Å². The molecule has 0 unspecified atom stereocenters. The number of hydrogen-bond acceptors (Lipinski definition) is 5.